The molecule has 37 heavy (non-hydrogen) atoms. The molecule has 1 heterocycles. The molecule has 0 aliphatic rings. The van der Waals surface area contributed by atoms with Crippen LogP contribution in [-0.2, 0) is 24.2 Å². The Morgan fingerprint density at radius 3 is 2.49 bits per heavy atom. The molecule has 6 nitrogen and oxygen atoms in total. The third kappa shape index (κ3) is 6.59. The van der Waals surface area contributed by atoms with E-state index in [1.165, 1.54) is 13.0 Å². The van der Waals surface area contributed by atoms with E-state index in [2.05, 4.69) is 10.3 Å². The molecule has 0 fully saturated rings. The van der Waals surface area contributed by atoms with Gasteiger partial charge in [0.2, 0.25) is 5.89 Å². The minimum Gasteiger partial charge on any atom is -0.493 e. The first-order valence-electron chi connectivity index (χ1n) is 11.9. The van der Waals surface area contributed by atoms with Crippen LogP contribution in [-0.4, -0.2) is 28.2 Å². The van der Waals surface area contributed by atoms with Gasteiger partial charge in [0.1, 0.15) is 28.7 Å². The number of benzene rings is 3. The molecule has 192 valence electrons. The molecule has 0 unspecified atom stereocenters. The molecule has 1 aromatic heterocycles. The first-order valence-corrected chi connectivity index (χ1v) is 11.9. The molecule has 1 atom stereocenters. The maximum Gasteiger partial charge on any atom is 0.323 e. The smallest absolute Gasteiger partial charge is 0.323 e. The number of rotatable bonds is 11. The number of carboxylic acid groups (broad SMARTS) is 1. The first-order chi connectivity index (χ1) is 17.7. The van der Waals surface area contributed by atoms with E-state index in [9.17, 15) is 18.7 Å². The SMILES string of the molecule is Cc1oc(-c2ccccc2)nc1CCOc1ccc(C[C@](C)(NCc2ccc(F)cc2F)C(=O)O)cc1. The molecule has 2 N–H and O–H groups in total. The van der Waals surface area contributed by atoms with Crippen molar-refractivity contribution in [1.82, 2.24) is 10.3 Å². The quantitative estimate of drug-likeness (QED) is 0.271. The summed E-state index contributed by atoms with van der Waals surface area (Å²) in [7, 11) is 0. The largest absolute Gasteiger partial charge is 0.493 e. The van der Waals surface area contributed by atoms with Crippen LogP contribution in [0, 0.1) is 18.6 Å². The summed E-state index contributed by atoms with van der Waals surface area (Å²) >= 11 is 0. The highest BCUT2D eigenvalue weighted by Crippen LogP contribution is 2.23. The summed E-state index contributed by atoms with van der Waals surface area (Å²) in [5.41, 5.74) is 1.35. The number of oxazole rings is 1. The van der Waals surface area contributed by atoms with Crippen LogP contribution in [0.25, 0.3) is 11.5 Å². The molecule has 0 amide bonds. The second kappa shape index (κ2) is 11.3. The van der Waals surface area contributed by atoms with Crippen LogP contribution >= 0.6 is 0 Å². The maximum atomic E-state index is 14.0. The molecule has 3 aromatic carbocycles. The Balaban J connectivity index is 1.32. The lowest BCUT2D eigenvalue weighted by molar-refractivity contribution is -0.144. The van der Waals surface area contributed by atoms with Gasteiger partial charge in [-0.3, -0.25) is 10.1 Å². The number of aliphatic carboxylic acids is 1. The standard InChI is InChI=1S/C29H28F2N2O4/c1-19-26(33-27(37-19)21-6-4-3-5-7-21)14-15-36-24-12-8-20(9-13-24)17-29(2,28(34)35)32-18-22-10-11-23(30)16-25(22)31/h3-13,16,32H,14-15,17-18H2,1-2H3,(H,34,35)/t29-/m0/s1. The van der Waals surface area contributed by atoms with E-state index in [0.29, 0.717) is 24.7 Å². The van der Waals surface area contributed by atoms with Crippen molar-refractivity contribution in [2.24, 2.45) is 0 Å². The molecule has 8 heteroatoms. The lowest BCUT2D eigenvalue weighted by Crippen LogP contribution is -2.51. The zero-order chi connectivity index (χ0) is 26.4. The van der Waals surface area contributed by atoms with Crippen molar-refractivity contribution in [2.45, 2.75) is 38.8 Å². The van der Waals surface area contributed by atoms with Crippen LogP contribution in [0.1, 0.15) is 29.5 Å². The summed E-state index contributed by atoms with van der Waals surface area (Å²) in [5, 5.41) is 12.7. The highest BCUT2D eigenvalue weighted by atomic mass is 19.1. The lowest BCUT2D eigenvalue weighted by Gasteiger charge is -2.27. The van der Waals surface area contributed by atoms with E-state index in [1.54, 1.807) is 24.3 Å². The fraction of sp³-hybridized carbons (Fsp3) is 0.241. The third-order valence-corrected chi connectivity index (χ3v) is 6.16. The number of aryl methyl sites for hydroxylation is 1. The van der Waals surface area contributed by atoms with E-state index < -0.39 is 23.1 Å². The van der Waals surface area contributed by atoms with Gasteiger partial charge in [-0.05, 0) is 49.7 Å². The van der Waals surface area contributed by atoms with E-state index in [0.717, 1.165) is 34.7 Å². The predicted octanol–water partition coefficient (Wildman–Crippen LogP) is 5.73. The topological polar surface area (TPSA) is 84.6 Å². The van der Waals surface area contributed by atoms with E-state index >= 15 is 0 Å². The van der Waals surface area contributed by atoms with Gasteiger partial charge in [-0.15, -0.1) is 0 Å². The highest BCUT2D eigenvalue weighted by molar-refractivity contribution is 5.78. The third-order valence-electron chi connectivity index (χ3n) is 6.16. The van der Waals surface area contributed by atoms with Gasteiger partial charge in [0.25, 0.3) is 0 Å². The van der Waals surface area contributed by atoms with Crippen molar-refractivity contribution < 1.29 is 27.8 Å². The number of hydrogen-bond donors (Lipinski definition) is 2. The molecular weight excluding hydrogens is 478 g/mol. The minimum absolute atomic E-state index is 0.0520. The zero-order valence-corrected chi connectivity index (χ0v) is 20.6. The average Bonchev–Trinajstić information content (AvgIpc) is 3.25. The second-order valence-electron chi connectivity index (χ2n) is 9.03. The number of ether oxygens (including phenoxy) is 1. The summed E-state index contributed by atoms with van der Waals surface area (Å²) in [6.45, 7) is 3.76. The van der Waals surface area contributed by atoms with E-state index in [4.69, 9.17) is 9.15 Å². The number of hydrogen-bond acceptors (Lipinski definition) is 5. The van der Waals surface area contributed by atoms with Crippen molar-refractivity contribution in [3.05, 3.63) is 107 Å². The van der Waals surface area contributed by atoms with E-state index in [-0.39, 0.29) is 18.5 Å². The van der Waals surface area contributed by atoms with Crippen LogP contribution in [0.15, 0.2) is 77.2 Å². The number of nitrogens with one attached hydrogen (secondary N) is 1. The number of carbonyl (C=O) groups is 1. The van der Waals surface area contributed by atoms with Gasteiger partial charge in [0.15, 0.2) is 0 Å². The second-order valence-corrected chi connectivity index (χ2v) is 9.03. The molecule has 0 saturated carbocycles. The van der Waals surface area contributed by atoms with Gasteiger partial charge in [0, 0.05) is 36.6 Å². The Morgan fingerprint density at radius 2 is 1.81 bits per heavy atom. The first kappa shape index (κ1) is 26.0. The van der Waals surface area contributed by atoms with Gasteiger partial charge < -0.3 is 14.3 Å². The van der Waals surface area contributed by atoms with Gasteiger partial charge in [0.05, 0.1) is 12.3 Å². The Bertz CT molecular complexity index is 1360. The van der Waals surface area contributed by atoms with Gasteiger partial charge >= 0.3 is 5.97 Å². The molecule has 4 rings (SSSR count). The summed E-state index contributed by atoms with van der Waals surface area (Å²) in [6.07, 6.45) is 0.733. The van der Waals surface area contributed by atoms with Crippen molar-refractivity contribution >= 4 is 5.97 Å². The van der Waals surface area contributed by atoms with Crippen molar-refractivity contribution in [2.75, 3.05) is 6.61 Å². The number of aromatic nitrogens is 1. The molecule has 0 aliphatic heterocycles. The Hall–Kier alpha value is -4.04. The van der Waals surface area contributed by atoms with Crippen molar-refractivity contribution in [3.63, 3.8) is 0 Å². The summed E-state index contributed by atoms with van der Waals surface area (Å²) in [4.78, 5) is 16.6. The summed E-state index contributed by atoms with van der Waals surface area (Å²) in [5.74, 6) is -0.510. The van der Waals surface area contributed by atoms with Crippen LogP contribution < -0.4 is 10.1 Å². The molecule has 0 saturated heterocycles. The molecule has 0 bridgehead atoms. The molecular formula is C29H28F2N2O4. The van der Waals surface area contributed by atoms with Crippen molar-refractivity contribution in [1.29, 1.82) is 0 Å². The number of nitrogens with zero attached hydrogens (tertiary/aromatic N) is 1. The van der Waals surface area contributed by atoms with Crippen molar-refractivity contribution in [3.8, 4) is 17.2 Å². The fourth-order valence-electron chi connectivity index (χ4n) is 3.91. The average molecular weight is 507 g/mol. The lowest BCUT2D eigenvalue weighted by atomic mass is 9.92. The Morgan fingerprint density at radius 1 is 1.08 bits per heavy atom. The molecule has 0 spiro atoms. The molecule has 0 aliphatic carbocycles. The molecule has 0 radical (unpaired) electrons. The minimum atomic E-state index is -1.36. The summed E-state index contributed by atoms with van der Waals surface area (Å²) < 4.78 is 38.7. The fourth-order valence-corrected chi connectivity index (χ4v) is 3.91. The number of carboxylic acids is 1. The van der Waals surface area contributed by atoms with Gasteiger partial charge in [-0.2, -0.15) is 0 Å². The number of halogens is 2. The van der Waals surface area contributed by atoms with Crippen LogP contribution in [0.5, 0.6) is 5.75 Å². The predicted molar refractivity (Wildman–Crippen MR) is 135 cm³/mol. The highest BCUT2D eigenvalue weighted by Gasteiger charge is 2.33. The molecule has 4 aromatic rings. The van der Waals surface area contributed by atoms with Crippen LogP contribution in [0.3, 0.4) is 0 Å². The van der Waals surface area contributed by atoms with Gasteiger partial charge in [-0.1, -0.05) is 36.4 Å². The Labute approximate surface area is 213 Å². The normalized spacial score (nSPS) is 12.8. The summed E-state index contributed by atoms with van der Waals surface area (Å²) in [6, 6.07) is 20.1. The van der Waals surface area contributed by atoms with Crippen LogP contribution in [0.2, 0.25) is 0 Å². The zero-order valence-electron chi connectivity index (χ0n) is 20.6. The monoisotopic (exact) mass is 506 g/mol. The van der Waals surface area contributed by atoms with Crippen LogP contribution in [0.4, 0.5) is 8.78 Å². The van der Waals surface area contributed by atoms with Gasteiger partial charge in [-0.25, -0.2) is 13.8 Å². The van der Waals surface area contributed by atoms with E-state index in [1.807, 2.05) is 37.3 Å². The Kier molecular flexibility index (Phi) is 7.98. The maximum absolute atomic E-state index is 14.0.